The van der Waals surface area contributed by atoms with Crippen LogP contribution >= 0.6 is 24.8 Å². The van der Waals surface area contributed by atoms with Gasteiger partial charge in [-0.15, -0.1) is 24.8 Å². The van der Waals surface area contributed by atoms with Crippen LogP contribution in [0.3, 0.4) is 0 Å². The Morgan fingerprint density at radius 2 is 1.64 bits per heavy atom. The maximum atomic E-state index is 12.8. The van der Waals surface area contributed by atoms with Crippen LogP contribution in [-0.2, 0) is 9.53 Å². The molecule has 0 aromatic rings. The third-order valence-electron chi connectivity index (χ3n) is 5.89. The van der Waals surface area contributed by atoms with Gasteiger partial charge >= 0.3 is 0 Å². The van der Waals surface area contributed by atoms with Crippen molar-refractivity contribution in [2.75, 3.05) is 45.9 Å². The molecule has 1 amide bonds. The molecule has 0 radical (unpaired) electrons. The summed E-state index contributed by atoms with van der Waals surface area (Å²) in [5.41, 5.74) is 5.55. The van der Waals surface area contributed by atoms with Crippen molar-refractivity contribution in [3.05, 3.63) is 0 Å². The van der Waals surface area contributed by atoms with Gasteiger partial charge in [0.2, 0.25) is 5.91 Å². The number of ether oxygens (including phenoxy) is 1. The highest BCUT2D eigenvalue weighted by atomic mass is 35.5. The highest BCUT2D eigenvalue weighted by Crippen LogP contribution is 2.29. The summed E-state index contributed by atoms with van der Waals surface area (Å²) >= 11 is 0. The summed E-state index contributed by atoms with van der Waals surface area (Å²) in [6.07, 6.45) is 6.55. The largest absolute Gasteiger partial charge is 0.377 e. The average Bonchev–Trinajstić information content (AvgIpc) is 3.11. The predicted molar refractivity (Wildman–Crippen MR) is 108 cm³/mol. The molecular formula is C18H37Cl2N3O2. The Balaban J connectivity index is 0.00000288. The van der Waals surface area contributed by atoms with E-state index >= 15 is 0 Å². The monoisotopic (exact) mass is 397 g/mol. The van der Waals surface area contributed by atoms with Crippen LogP contribution in [0.4, 0.5) is 0 Å². The number of nitrogens with zero attached hydrogens (tertiary/aromatic N) is 2. The zero-order chi connectivity index (χ0) is 16.7. The molecule has 5 nitrogen and oxygen atoms in total. The van der Waals surface area contributed by atoms with E-state index in [1.165, 1.54) is 25.9 Å². The number of hydrogen-bond donors (Lipinski definition) is 1. The fraction of sp³-hybridized carbons (Fsp3) is 0.944. The number of carbonyl (C=O) groups excluding carboxylic acids is 1. The van der Waals surface area contributed by atoms with Gasteiger partial charge in [0.15, 0.2) is 0 Å². The van der Waals surface area contributed by atoms with E-state index in [2.05, 4.69) is 18.7 Å². The van der Waals surface area contributed by atoms with E-state index in [0.29, 0.717) is 12.6 Å². The Bertz CT molecular complexity index is 359. The molecule has 0 aromatic heterocycles. The smallest absolute Gasteiger partial charge is 0.230 e. The molecule has 0 spiro atoms. The van der Waals surface area contributed by atoms with Crippen molar-refractivity contribution in [3.63, 3.8) is 0 Å². The van der Waals surface area contributed by atoms with Crippen LogP contribution in [0.15, 0.2) is 0 Å². The van der Waals surface area contributed by atoms with Crippen molar-refractivity contribution in [2.24, 2.45) is 11.1 Å². The maximum absolute atomic E-state index is 12.8. The number of halogens is 2. The fourth-order valence-electron chi connectivity index (χ4n) is 3.84. The third-order valence-corrected chi connectivity index (χ3v) is 5.89. The second kappa shape index (κ2) is 12.3. The van der Waals surface area contributed by atoms with Gasteiger partial charge in [-0.05, 0) is 51.6 Å². The van der Waals surface area contributed by atoms with Crippen LogP contribution in [0.5, 0.6) is 0 Å². The quantitative estimate of drug-likeness (QED) is 0.683. The lowest BCUT2D eigenvalue weighted by atomic mass is 9.80. The molecule has 25 heavy (non-hydrogen) atoms. The summed E-state index contributed by atoms with van der Waals surface area (Å²) in [5.74, 6) is 0.250. The van der Waals surface area contributed by atoms with Gasteiger partial charge < -0.3 is 20.3 Å². The first-order valence-corrected chi connectivity index (χ1v) is 9.48. The van der Waals surface area contributed by atoms with Crippen molar-refractivity contribution in [1.29, 1.82) is 0 Å². The van der Waals surface area contributed by atoms with Crippen LogP contribution in [0, 0.1) is 5.41 Å². The molecule has 2 rings (SSSR count). The number of rotatable bonds is 8. The maximum Gasteiger partial charge on any atom is 0.230 e. The van der Waals surface area contributed by atoms with E-state index in [1.807, 2.05) is 4.90 Å². The molecule has 150 valence electrons. The lowest BCUT2D eigenvalue weighted by molar-refractivity contribution is -0.145. The standard InChI is InChI=1S/C18H35N3O2.2ClH/c1-3-18(4-2,15-19)17(22)21-11-7-16(8-12-21)23-14-13-20-9-5-6-10-20;;/h16H,3-15,19H2,1-2H3;2*1H. The van der Waals surface area contributed by atoms with E-state index in [9.17, 15) is 4.79 Å². The van der Waals surface area contributed by atoms with Crippen LogP contribution in [0.2, 0.25) is 0 Å². The van der Waals surface area contributed by atoms with Crippen molar-refractivity contribution < 1.29 is 9.53 Å². The van der Waals surface area contributed by atoms with E-state index < -0.39 is 0 Å². The number of likely N-dealkylation sites (tertiary alicyclic amines) is 2. The predicted octanol–water partition coefficient (Wildman–Crippen LogP) is 2.70. The summed E-state index contributed by atoms with van der Waals surface area (Å²) in [4.78, 5) is 17.3. The van der Waals surface area contributed by atoms with Gasteiger partial charge in [0.25, 0.3) is 0 Å². The number of carbonyl (C=O) groups is 1. The van der Waals surface area contributed by atoms with Crippen LogP contribution in [-0.4, -0.2) is 67.7 Å². The zero-order valence-electron chi connectivity index (χ0n) is 15.9. The molecule has 0 unspecified atom stereocenters. The molecule has 0 bridgehead atoms. The number of amides is 1. The van der Waals surface area contributed by atoms with Crippen LogP contribution < -0.4 is 5.73 Å². The summed E-state index contributed by atoms with van der Waals surface area (Å²) in [7, 11) is 0. The molecule has 2 aliphatic heterocycles. The van der Waals surface area contributed by atoms with Gasteiger partial charge in [0.1, 0.15) is 0 Å². The molecule has 0 aromatic carbocycles. The minimum atomic E-state index is -0.358. The van der Waals surface area contributed by atoms with Crippen molar-refractivity contribution in [2.45, 2.75) is 58.5 Å². The van der Waals surface area contributed by atoms with Crippen molar-refractivity contribution in [3.8, 4) is 0 Å². The summed E-state index contributed by atoms with van der Waals surface area (Å²) in [5, 5.41) is 0. The first-order valence-electron chi connectivity index (χ1n) is 9.48. The third kappa shape index (κ3) is 6.55. The van der Waals surface area contributed by atoms with Gasteiger partial charge in [-0.3, -0.25) is 4.79 Å². The van der Waals surface area contributed by atoms with Gasteiger partial charge in [-0.1, -0.05) is 13.8 Å². The Morgan fingerprint density at radius 3 is 2.12 bits per heavy atom. The summed E-state index contributed by atoms with van der Waals surface area (Å²) < 4.78 is 6.03. The number of piperidine rings is 1. The number of nitrogens with two attached hydrogens (primary N) is 1. The molecule has 2 N–H and O–H groups in total. The molecule has 0 saturated carbocycles. The van der Waals surface area contributed by atoms with Gasteiger partial charge in [-0.2, -0.15) is 0 Å². The molecule has 2 fully saturated rings. The van der Waals surface area contributed by atoms with E-state index in [1.54, 1.807) is 0 Å². The normalized spacial score (nSPS) is 19.4. The first-order chi connectivity index (χ1) is 11.1. The van der Waals surface area contributed by atoms with Crippen LogP contribution in [0.25, 0.3) is 0 Å². The van der Waals surface area contributed by atoms with Crippen molar-refractivity contribution >= 4 is 30.7 Å². The average molecular weight is 398 g/mol. The first kappa shape index (κ1) is 24.9. The van der Waals surface area contributed by atoms with Gasteiger partial charge in [-0.25, -0.2) is 0 Å². The highest BCUT2D eigenvalue weighted by Gasteiger charge is 2.38. The molecule has 2 heterocycles. The summed E-state index contributed by atoms with van der Waals surface area (Å²) in [6, 6.07) is 0. The molecule has 2 aliphatic rings. The van der Waals surface area contributed by atoms with Gasteiger partial charge in [0, 0.05) is 26.2 Å². The lowest BCUT2D eigenvalue weighted by Gasteiger charge is -2.39. The minimum absolute atomic E-state index is 0. The molecule has 0 atom stereocenters. The van der Waals surface area contributed by atoms with Gasteiger partial charge in [0.05, 0.1) is 18.1 Å². The second-order valence-electron chi connectivity index (χ2n) is 7.10. The molecule has 7 heteroatoms. The zero-order valence-corrected chi connectivity index (χ0v) is 17.5. The van der Waals surface area contributed by atoms with Crippen LogP contribution in [0.1, 0.15) is 52.4 Å². The van der Waals surface area contributed by atoms with Crippen molar-refractivity contribution in [1.82, 2.24) is 9.80 Å². The second-order valence-corrected chi connectivity index (χ2v) is 7.10. The molecular weight excluding hydrogens is 361 g/mol. The summed E-state index contributed by atoms with van der Waals surface area (Å²) in [6.45, 7) is 10.6. The van der Waals surface area contributed by atoms with E-state index in [0.717, 1.165) is 51.9 Å². The molecule has 0 aliphatic carbocycles. The highest BCUT2D eigenvalue weighted by molar-refractivity contribution is 5.85. The fourth-order valence-corrected chi connectivity index (χ4v) is 3.84. The Kier molecular flexibility index (Phi) is 12.3. The topological polar surface area (TPSA) is 58.8 Å². The SMILES string of the molecule is CCC(CC)(CN)C(=O)N1CCC(OCCN2CCCC2)CC1.Cl.Cl. The number of hydrogen-bond acceptors (Lipinski definition) is 4. The molecule has 2 saturated heterocycles. The Labute approximate surface area is 165 Å². The van der Waals surface area contributed by atoms with E-state index in [-0.39, 0.29) is 36.1 Å². The minimum Gasteiger partial charge on any atom is -0.377 e. The Morgan fingerprint density at radius 1 is 1.08 bits per heavy atom. The van der Waals surface area contributed by atoms with E-state index in [4.69, 9.17) is 10.5 Å². The lowest BCUT2D eigenvalue weighted by Crippen LogP contribution is -2.51. The Hall–Kier alpha value is -0.0700.